The van der Waals surface area contributed by atoms with Gasteiger partial charge in [0.1, 0.15) is 5.76 Å². The van der Waals surface area contributed by atoms with Gasteiger partial charge in [0.2, 0.25) is 0 Å². The molecule has 8 heteroatoms. The Hall–Kier alpha value is -2.36. The first-order chi connectivity index (χ1) is 11.0. The van der Waals surface area contributed by atoms with Gasteiger partial charge in [0, 0.05) is 3.57 Å². The molecule has 1 aromatic carbocycles. The van der Waals surface area contributed by atoms with Crippen LogP contribution in [0.25, 0.3) is 0 Å². The molecule has 2 aromatic rings. The van der Waals surface area contributed by atoms with E-state index in [4.69, 9.17) is 9.15 Å². The summed E-state index contributed by atoms with van der Waals surface area (Å²) in [5.41, 5.74) is 0.340. The third-order valence-electron chi connectivity index (χ3n) is 2.65. The lowest BCUT2D eigenvalue weighted by Gasteiger charge is -2.07. The largest absolute Gasteiger partial charge is 0.467 e. The maximum absolute atomic E-state index is 11.7. The van der Waals surface area contributed by atoms with Gasteiger partial charge in [0.15, 0.2) is 6.61 Å². The van der Waals surface area contributed by atoms with Crippen molar-refractivity contribution in [2.75, 3.05) is 6.61 Å². The lowest BCUT2D eigenvalue weighted by Crippen LogP contribution is -2.41. The van der Waals surface area contributed by atoms with Gasteiger partial charge in [-0.15, -0.1) is 0 Å². The van der Waals surface area contributed by atoms with Crippen LogP contribution in [0.2, 0.25) is 0 Å². The molecule has 0 aliphatic heterocycles. The molecule has 0 spiro atoms. The Morgan fingerprint density at radius 2 is 2.00 bits per heavy atom. The van der Waals surface area contributed by atoms with Crippen LogP contribution in [0.15, 0.2) is 47.1 Å². The minimum atomic E-state index is -0.721. The van der Waals surface area contributed by atoms with Crippen molar-refractivity contribution in [1.82, 2.24) is 10.6 Å². The monoisotopic (exact) mass is 428 g/mol. The molecule has 23 heavy (non-hydrogen) atoms. The molecule has 1 heterocycles. The number of hydrogen-bond acceptors (Lipinski definition) is 5. The molecule has 0 bridgehead atoms. The average molecular weight is 428 g/mol. The summed E-state index contributed by atoms with van der Waals surface area (Å²) in [5.74, 6) is -0.798. The first-order valence-corrected chi connectivity index (χ1v) is 7.65. The lowest BCUT2D eigenvalue weighted by molar-refractivity contribution is -0.123. The van der Waals surface area contributed by atoms with E-state index in [1.165, 1.54) is 6.26 Å². The van der Waals surface area contributed by atoms with Gasteiger partial charge in [-0.05, 0) is 52.9 Å². The van der Waals surface area contributed by atoms with Crippen LogP contribution in [0.1, 0.15) is 16.1 Å². The average Bonchev–Trinajstić information content (AvgIpc) is 3.04. The number of carbonyl (C=O) groups excluding carboxylic acids is 3. The molecule has 0 fully saturated rings. The third kappa shape index (κ3) is 5.74. The highest BCUT2D eigenvalue weighted by molar-refractivity contribution is 14.1. The molecule has 0 unspecified atom stereocenters. The minimum absolute atomic E-state index is 0.147. The topological polar surface area (TPSA) is 97.6 Å². The van der Waals surface area contributed by atoms with E-state index in [9.17, 15) is 14.4 Å². The normalized spacial score (nSPS) is 9.96. The predicted octanol–water partition coefficient (Wildman–Crippen LogP) is 2.07. The van der Waals surface area contributed by atoms with Crippen molar-refractivity contribution in [2.24, 2.45) is 0 Å². The van der Waals surface area contributed by atoms with Crippen molar-refractivity contribution in [2.45, 2.75) is 6.54 Å². The Kier molecular flexibility index (Phi) is 6.15. The van der Waals surface area contributed by atoms with E-state index >= 15 is 0 Å². The van der Waals surface area contributed by atoms with Crippen LogP contribution >= 0.6 is 22.6 Å². The molecule has 7 nitrogen and oxygen atoms in total. The highest BCUT2D eigenvalue weighted by Gasteiger charge is 2.12. The molecule has 2 N–H and O–H groups in total. The number of urea groups is 1. The highest BCUT2D eigenvalue weighted by atomic mass is 127. The molecule has 0 saturated carbocycles. The van der Waals surface area contributed by atoms with Gasteiger partial charge in [-0.1, -0.05) is 6.07 Å². The number of halogens is 1. The van der Waals surface area contributed by atoms with Crippen LogP contribution < -0.4 is 10.6 Å². The molecule has 0 atom stereocenters. The van der Waals surface area contributed by atoms with E-state index in [2.05, 4.69) is 33.2 Å². The summed E-state index contributed by atoms with van der Waals surface area (Å²) in [6, 6.07) is 9.43. The maximum Gasteiger partial charge on any atom is 0.338 e. The Morgan fingerprint density at radius 1 is 1.17 bits per heavy atom. The van der Waals surface area contributed by atoms with Crippen LogP contribution in [0.4, 0.5) is 4.79 Å². The SMILES string of the molecule is O=C(COC(=O)c1cccc(I)c1)NC(=O)NCc1ccco1. The lowest BCUT2D eigenvalue weighted by atomic mass is 10.2. The van der Waals surface area contributed by atoms with Crippen molar-refractivity contribution >= 4 is 40.5 Å². The first-order valence-electron chi connectivity index (χ1n) is 6.57. The summed E-state index contributed by atoms with van der Waals surface area (Å²) in [6.07, 6.45) is 1.48. The van der Waals surface area contributed by atoms with Crippen molar-refractivity contribution in [3.63, 3.8) is 0 Å². The van der Waals surface area contributed by atoms with E-state index < -0.39 is 24.5 Å². The standard InChI is InChI=1S/C15H13IN2O5/c16-11-4-1-3-10(7-11)14(20)23-9-13(19)18-15(21)17-8-12-5-2-6-22-12/h1-7H,8-9H2,(H2,17,18,19,21). The van der Waals surface area contributed by atoms with Crippen LogP contribution in [0, 0.1) is 3.57 Å². The maximum atomic E-state index is 11.7. The van der Waals surface area contributed by atoms with E-state index in [-0.39, 0.29) is 6.54 Å². The summed E-state index contributed by atoms with van der Waals surface area (Å²) in [7, 11) is 0. The van der Waals surface area contributed by atoms with Crippen LogP contribution in [-0.2, 0) is 16.1 Å². The number of nitrogens with one attached hydrogen (secondary N) is 2. The number of hydrogen-bond donors (Lipinski definition) is 2. The fourth-order valence-electron chi connectivity index (χ4n) is 1.62. The van der Waals surface area contributed by atoms with Gasteiger partial charge in [0.05, 0.1) is 18.4 Å². The summed E-state index contributed by atoms with van der Waals surface area (Å²) >= 11 is 2.06. The Balaban J connectivity index is 1.72. The smallest absolute Gasteiger partial charge is 0.338 e. The summed E-state index contributed by atoms with van der Waals surface area (Å²) in [6.45, 7) is -0.396. The van der Waals surface area contributed by atoms with E-state index in [1.807, 2.05) is 6.07 Å². The quantitative estimate of drug-likeness (QED) is 0.562. The number of amides is 3. The fourth-order valence-corrected chi connectivity index (χ4v) is 2.16. The van der Waals surface area contributed by atoms with Gasteiger partial charge in [0.25, 0.3) is 5.91 Å². The number of carbonyl (C=O) groups is 3. The highest BCUT2D eigenvalue weighted by Crippen LogP contribution is 2.08. The fraction of sp³-hybridized carbons (Fsp3) is 0.133. The van der Waals surface area contributed by atoms with Crippen molar-refractivity contribution in [1.29, 1.82) is 0 Å². The van der Waals surface area contributed by atoms with E-state index in [1.54, 1.807) is 30.3 Å². The van der Waals surface area contributed by atoms with E-state index in [0.29, 0.717) is 11.3 Å². The van der Waals surface area contributed by atoms with Crippen LogP contribution in [0.5, 0.6) is 0 Å². The van der Waals surface area contributed by atoms with Gasteiger partial charge in [-0.2, -0.15) is 0 Å². The number of benzene rings is 1. The molecular formula is C15H13IN2O5. The number of rotatable bonds is 5. The molecule has 2 rings (SSSR count). The Labute approximate surface area is 145 Å². The number of esters is 1. The summed E-state index contributed by atoms with van der Waals surface area (Å²) < 4.78 is 10.7. The molecule has 120 valence electrons. The zero-order chi connectivity index (χ0) is 16.7. The van der Waals surface area contributed by atoms with Crippen LogP contribution in [-0.4, -0.2) is 24.5 Å². The van der Waals surface area contributed by atoms with Crippen LogP contribution in [0.3, 0.4) is 0 Å². The summed E-state index contributed by atoms with van der Waals surface area (Å²) in [5, 5.41) is 4.49. The molecule has 0 saturated heterocycles. The van der Waals surface area contributed by atoms with E-state index in [0.717, 1.165) is 3.57 Å². The zero-order valence-corrected chi connectivity index (χ0v) is 14.0. The van der Waals surface area contributed by atoms with Gasteiger partial charge >= 0.3 is 12.0 Å². The van der Waals surface area contributed by atoms with Crippen molar-refractivity contribution in [3.05, 3.63) is 57.6 Å². The molecule has 0 aliphatic rings. The second kappa shape index (κ2) is 8.32. The number of furan rings is 1. The molecule has 0 radical (unpaired) electrons. The van der Waals surface area contributed by atoms with Crippen molar-refractivity contribution < 1.29 is 23.5 Å². The third-order valence-corrected chi connectivity index (χ3v) is 3.32. The molecule has 0 aliphatic carbocycles. The van der Waals surface area contributed by atoms with Gasteiger partial charge in [-0.3, -0.25) is 10.1 Å². The second-order valence-electron chi connectivity index (χ2n) is 4.40. The zero-order valence-electron chi connectivity index (χ0n) is 11.9. The second-order valence-corrected chi connectivity index (χ2v) is 5.64. The molecular weight excluding hydrogens is 415 g/mol. The molecule has 1 aromatic heterocycles. The number of imide groups is 1. The predicted molar refractivity (Wildman–Crippen MR) is 88.5 cm³/mol. The first kappa shape index (κ1) is 17.0. The molecule has 3 amide bonds. The number of ether oxygens (including phenoxy) is 1. The minimum Gasteiger partial charge on any atom is -0.467 e. The van der Waals surface area contributed by atoms with Gasteiger partial charge in [-0.25, -0.2) is 9.59 Å². The Bertz CT molecular complexity index is 700. The van der Waals surface area contributed by atoms with Gasteiger partial charge < -0.3 is 14.5 Å². The van der Waals surface area contributed by atoms with Crippen molar-refractivity contribution in [3.8, 4) is 0 Å². The Morgan fingerprint density at radius 3 is 2.70 bits per heavy atom. The summed E-state index contributed by atoms with van der Waals surface area (Å²) in [4.78, 5) is 34.8.